The second kappa shape index (κ2) is 8.41. The second-order valence-electron chi connectivity index (χ2n) is 9.41. The summed E-state index contributed by atoms with van der Waals surface area (Å²) in [7, 11) is 0. The fourth-order valence-electron chi connectivity index (χ4n) is 5.79. The van der Waals surface area contributed by atoms with E-state index in [2.05, 4.69) is 30.3 Å². The van der Waals surface area contributed by atoms with Gasteiger partial charge in [0.25, 0.3) is 0 Å². The van der Waals surface area contributed by atoms with E-state index in [4.69, 9.17) is 16.6 Å². The Balaban J connectivity index is 1.64. The number of aliphatic hydroxyl groups is 1. The Morgan fingerprint density at radius 2 is 1.22 bits per heavy atom. The van der Waals surface area contributed by atoms with Crippen LogP contribution in [0.15, 0.2) is 127 Å². The van der Waals surface area contributed by atoms with Crippen LogP contribution >= 0.6 is 11.6 Å². The van der Waals surface area contributed by atoms with Crippen LogP contribution in [0, 0.1) is 0 Å². The van der Waals surface area contributed by atoms with Gasteiger partial charge >= 0.3 is 0 Å². The molecule has 7 rings (SSSR count). The Labute approximate surface area is 220 Å². The van der Waals surface area contributed by atoms with E-state index in [-0.39, 0.29) is 0 Å². The summed E-state index contributed by atoms with van der Waals surface area (Å²) in [4.78, 5) is 5.14. The van der Waals surface area contributed by atoms with Crippen LogP contribution in [0.2, 0.25) is 5.02 Å². The molecule has 0 fully saturated rings. The lowest BCUT2D eigenvalue weighted by Crippen LogP contribution is -2.27. The minimum Gasteiger partial charge on any atom is -0.376 e. The van der Waals surface area contributed by atoms with Crippen LogP contribution in [0.3, 0.4) is 0 Å². The van der Waals surface area contributed by atoms with Gasteiger partial charge in [0.15, 0.2) is 0 Å². The molecule has 3 heteroatoms. The highest BCUT2D eigenvalue weighted by molar-refractivity contribution is 6.30. The highest BCUT2D eigenvalue weighted by Gasteiger charge is 2.47. The number of fused-ring (bicyclic) bond motifs is 5. The number of hydrogen-bond donors (Lipinski definition) is 1. The molecule has 1 N–H and O–H groups in total. The van der Waals surface area contributed by atoms with Gasteiger partial charge in [-0.3, -0.25) is 0 Å². The third kappa shape index (κ3) is 3.27. The Kier molecular flexibility index (Phi) is 5.00. The molecular weight excluding hydrogens is 474 g/mol. The maximum absolute atomic E-state index is 13.1. The van der Waals surface area contributed by atoms with Gasteiger partial charge in [-0.25, -0.2) is 4.98 Å². The molecule has 0 bridgehead atoms. The number of aromatic nitrogens is 1. The first-order valence-corrected chi connectivity index (χ1v) is 12.7. The molecular formula is C34H22ClNO. The highest BCUT2D eigenvalue weighted by atomic mass is 35.5. The first-order valence-electron chi connectivity index (χ1n) is 12.3. The van der Waals surface area contributed by atoms with Gasteiger partial charge < -0.3 is 5.11 Å². The minimum atomic E-state index is -1.39. The number of para-hydroxylation sites is 1. The molecule has 6 aromatic rings. The fraction of sp³-hybridized carbons (Fsp3) is 0.0294. The van der Waals surface area contributed by atoms with Crippen molar-refractivity contribution in [1.82, 2.24) is 4.98 Å². The van der Waals surface area contributed by atoms with E-state index < -0.39 is 5.60 Å². The second-order valence-corrected chi connectivity index (χ2v) is 9.84. The normalized spacial score (nSPS) is 15.9. The molecule has 0 spiro atoms. The third-order valence-electron chi connectivity index (χ3n) is 7.34. The average molecular weight is 496 g/mol. The van der Waals surface area contributed by atoms with Crippen molar-refractivity contribution in [2.75, 3.05) is 0 Å². The third-order valence-corrected chi connectivity index (χ3v) is 7.58. The lowest BCUT2D eigenvalue weighted by Gasteiger charge is -2.30. The number of pyridine rings is 1. The molecule has 1 aromatic heterocycles. The van der Waals surface area contributed by atoms with E-state index in [1.807, 2.05) is 97.1 Å². The molecule has 5 aromatic carbocycles. The van der Waals surface area contributed by atoms with Gasteiger partial charge in [0.05, 0.1) is 11.2 Å². The Morgan fingerprint density at radius 3 is 2.00 bits per heavy atom. The van der Waals surface area contributed by atoms with Crippen molar-refractivity contribution < 1.29 is 5.11 Å². The van der Waals surface area contributed by atoms with Crippen molar-refractivity contribution in [2.24, 2.45) is 0 Å². The molecule has 37 heavy (non-hydrogen) atoms. The van der Waals surface area contributed by atoms with E-state index in [1.165, 1.54) is 0 Å². The van der Waals surface area contributed by atoms with Crippen molar-refractivity contribution in [3.8, 4) is 33.5 Å². The first-order chi connectivity index (χ1) is 18.2. The predicted molar refractivity (Wildman–Crippen MR) is 152 cm³/mol. The summed E-state index contributed by atoms with van der Waals surface area (Å²) in [6.07, 6.45) is 0. The molecule has 1 atom stereocenters. The number of hydrogen-bond acceptors (Lipinski definition) is 2. The zero-order valence-electron chi connectivity index (χ0n) is 19.9. The van der Waals surface area contributed by atoms with Crippen LogP contribution in [0.1, 0.15) is 16.7 Å². The summed E-state index contributed by atoms with van der Waals surface area (Å²) < 4.78 is 0. The molecule has 0 saturated heterocycles. The smallest absolute Gasteiger partial charge is 0.143 e. The van der Waals surface area contributed by atoms with Gasteiger partial charge in [0.2, 0.25) is 0 Å². The monoisotopic (exact) mass is 495 g/mol. The van der Waals surface area contributed by atoms with Crippen LogP contribution in [0.5, 0.6) is 0 Å². The van der Waals surface area contributed by atoms with Gasteiger partial charge in [-0.05, 0) is 34.9 Å². The molecule has 1 aliphatic carbocycles. The molecule has 0 radical (unpaired) electrons. The number of halogens is 1. The summed E-state index contributed by atoms with van der Waals surface area (Å²) in [6.45, 7) is 0. The summed E-state index contributed by atoms with van der Waals surface area (Å²) in [6, 6.07) is 42.4. The predicted octanol–water partition coefficient (Wildman–Crippen LogP) is 8.49. The number of rotatable bonds is 3. The maximum Gasteiger partial charge on any atom is 0.143 e. The van der Waals surface area contributed by atoms with Gasteiger partial charge in [-0.1, -0.05) is 121 Å². The highest BCUT2D eigenvalue weighted by Crippen LogP contribution is 2.56. The number of benzene rings is 5. The van der Waals surface area contributed by atoms with Crippen molar-refractivity contribution in [2.45, 2.75) is 5.60 Å². The van der Waals surface area contributed by atoms with E-state index in [0.29, 0.717) is 5.02 Å². The van der Waals surface area contributed by atoms with Crippen LogP contribution in [-0.4, -0.2) is 10.1 Å². The molecule has 176 valence electrons. The van der Waals surface area contributed by atoms with Crippen molar-refractivity contribution in [1.29, 1.82) is 0 Å². The summed E-state index contributed by atoms with van der Waals surface area (Å²) in [5.74, 6) is 0. The largest absolute Gasteiger partial charge is 0.376 e. The van der Waals surface area contributed by atoms with Crippen LogP contribution in [-0.2, 0) is 5.60 Å². The Morgan fingerprint density at radius 1 is 0.595 bits per heavy atom. The maximum atomic E-state index is 13.1. The summed E-state index contributed by atoms with van der Waals surface area (Å²) in [5, 5.41) is 14.7. The average Bonchev–Trinajstić information content (AvgIpc) is 3.23. The molecule has 1 unspecified atom stereocenters. The van der Waals surface area contributed by atoms with Gasteiger partial charge in [0, 0.05) is 38.2 Å². The van der Waals surface area contributed by atoms with Crippen molar-refractivity contribution in [3.63, 3.8) is 0 Å². The quantitative estimate of drug-likeness (QED) is 0.267. The van der Waals surface area contributed by atoms with Gasteiger partial charge in [-0.2, -0.15) is 0 Å². The fourth-order valence-corrected chi connectivity index (χ4v) is 5.98. The molecule has 0 saturated carbocycles. The van der Waals surface area contributed by atoms with E-state index in [1.54, 1.807) is 0 Å². The SMILES string of the molecule is OC1(c2ccccc2-c2cccc(Cl)c2)c2ccccc2-c2c(-c3ccccc3)nc3ccccc3c21. The van der Waals surface area contributed by atoms with Crippen LogP contribution in [0.25, 0.3) is 44.4 Å². The van der Waals surface area contributed by atoms with Gasteiger partial charge in [-0.15, -0.1) is 0 Å². The van der Waals surface area contributed by atoms with Crippen molar-refractivity contribution in [3.05, 3.63) is 149 Å². The molecule has 0 aliphatic heterocycles. The zero-order chi connectivity index (χ0) is 25.0. The standard InChI is InChI=1S/C34H22ClNO/c35-24-14-10-13-23(21-24)25-15-4-7-18-28(25)34(37)29-19-8-5-16-26(29)31-32(34)27-17-6-9-20-30(27)36-33(31)22-11-2-1-3-12-22/h1-21,37H. The van der Waals surface area contributed by atoms with E-state index in [9.17, 15) is 5.11 Å². The Bertz CT molecular complexity index is 1810. The zero-order valence-corrected chi connectivity index (χ0v) is 20.7. The van der Waals surface area contributed by atoms with E-state index in [0.717, 1.165) is 61.1 Å². The molecule has 1 heterocycles. The van der Waals surface area contributed by atoms with Crippen LogP contribution < -0.4 is 0 Å². The minimum absolute atomic E-state index is 0.660. The van der Waals surface area contributed by atoms with Crippen LogP contribution in [0.4, 0.5) is 0 Å². The summed E-state index contributed by atoms with van der Waals surface area (Å²) in [5.41, 5.74) is 7.78. The lowest BCUT2D eigenvalue weighted by molar-refractivity contribution is 0.133. The van der Waals surface area contributed by atoms with Crippen molar-refractivity contribution >= 4 is 22.5 Å². The lowest BCUT2D eigenvalue weighted by atomic mass is 9.79. The summed E-state index contributed by atoms with van der Waals surface area (Å²) >= 11 is 6.40. The van der Waals surface area contributed by atoms with E-state index >= 15 is 0 Å². The molecule has 0 amide bonds. The molecule has 2 nitrogen and oxygen atoms in total. The first kappa shape index (κ1) is 22.0. The molecule has 1 aliphatic rings. The van der Waals surface area contributed by atoms with Gasteiger partial charge in [0.1, 0.15) is 5.60 Å². The topological polar surface area (TPSA) is 33.1 Å². The Hall–Kier alpha value is -4.24. The number of nitrogens with zero attached hydrogens (tertiary/aromatic N) is 1.